The average Bonchev–Trinajstić information content (AvgIpc) is 3.27. The molecule has 1 aromatic rings. The third kappa shape index (κ3) is 4.01. The number of alkyl halides is 3. The summed E-state index contributed by atoms with van der Waals surface area (Å²) in [4.78, 5) is 25.3. The second-order valence-corrected chi connectivity index (χ2v) is 8.06. The molecule has 3 aliphatic rings. The number of hydrogen-bond acceptors (Lipinski definition) is 3. The topological polar surface area (TPSA) is 72.9 Å². The van der Waals surface area contributed by atoms with Gasteiger partial charge in [0.15, 0.2) is 0 Å². The molecule has 2 fully saturated rings. The number of amides is 2. The van der Waals surface area contributed by atoms with Crippen LogP contribution in [0.3, 0.4) is 0 Å². The molecule has 160 valence electrons. The zero-order chi connectivity index (χ0) is 21.5. The van der Waals surface area contributed by atoms with Crippen LogP contribution in [0.4, 0.5) is 18.0 Å². The smallest absolute Gasteiger partial charge is 0.416 e. The van der Waals surface area contributed by atoms with E-state index in [-0.39, 0.29) is 35.9 Å². The van der Waals surface area contributed by atoms with Gasteiger partial charge in [-0.2, -0.15) is 13.2 Å². The van der Waals surface area contributed by atoms with Crippen molar-refractivity contribution in [3.05, 3.63) is 59.3 Å². The molecule has 30 heavy (non-hydrogen) atoms. The van der Waals surface area contributed by atoms with Gasteiger partial charge in [-0.05, 0) is 54.4 Å². The van der Waals surface area contributed by atoms with Gasteiger partial charge in [-0.1, -0.05) is 18.2 Å². The fraction of sp³-hybridized carbons (Fsp3) is 0.429. The maximum absolute atomic E-state index is 13.3. The average molecular weight is 421 g/mol. The van der Waals surface area contributed by atoms with Crippen LogP contribution in [0.5, 0.6) is 0 Å². The van der Waals surface area contributed by atoms with Crippen molar-refractivity contribution in [1.29, 1.82) is 0 Å². The molecule has 2 aliphatic heterocycles. The van der Waals surface area contributed by atoms with Gasteiger partial charge in [-0.3, -0.25) is 5.01 Å². The van der Waals surface area contributed by atoms with Crippen molar-refractivity contribution in [2.24, 2.45) is 11.8 Å². The molecule has 2 amide bonds. The molecule has 6 nitrogen and oxygen atoms in total. The summed E-state index contributed by atoms with van der Waals surface area (Å²) in [6.07, 6.45) is 1.49. The van der Waals surface area contributed by atoms with Crippen LogP contribution in [0.15, 0.2) is 48.2 Å². The molecule has 0 aromatic heterocycles. The van der Waals surface area contributed by atoms with Crippen LogP contribution in [0.1, 0.15) is 29.9 Å². The monoisotopic (exact) mass is 421 g/mol. The Morgan fingerprint density at radius 1 is 1.10 bits per heavy atom. The van der Waals surface area contributed by atoms with Crippen molar-refractivity contribution in [2.45, 2.75) is 24.9 Å². The Morgan fingerprint density at radius 3 is 2.40 bits per heavy atom. The Morgan fingerprint density at radius 2 is 1.77 bits per heavy atom. The minimum absolute atomic E-state index is 0.0641. The summed E-state index contributed by atoms with van der Waals surface area (Å²) in [7, 11) is 0. The number of benzene rings is 1. The van der Waals surface area contributed by atoms with Crippen LogP contribution >= 0.6 is 0 Å². The lowest BCUT2D eigenvalue weighted by atomic mass is 9.91. The summed E-state index contributed by atoms with van der Waals surface area (Å²) in [5, 5.41) is 10.5. The zero-order valence-corrected chi connectivity index (χ0v) is 16.1. The number of carboxylic acids is 1. The lowest BCUT2D eigenvalue weighted by Crippen LogP contribution is -2.47. The van der Waals surface area contributed by atoms with Gasteiger partial charge in [0.25, 0.3) is 0 Å². The van der Waals surface area contributed by atoms with Gasteiger partial charge in [-0.15, -0.1) is 0 Å². The minimum atomic E-state index is -4.37. The van der Waals surface area contributed by atoms with Gasteiger partial charge in [0.1, 0.15) is 0 Å². The Hall–Kier alpha value is -2.97. The van der Waals surface area contributed by atoms with Crippen molar-refractivity contribution >= 4 is 12.0 Å². The number of hydrogen-bond donors (Lipinski definition) is 2. The summed E-state index contributed by atoms with van der Waals surface area (Å²) >= 11 is 0. The van der Waals surface area contributed by atoms with Crippen LogP contribution in [0, 0.1) is 11.8 Å². The van der Waals surface area contributed by atoms with E-state index in [1.165, 1.54) is 17.2 Å². The number of aliphatic carboxylic acids is 1. The van der Waals surface area contributed by atoms with Crippen molar-refractivity contribution in [3.63, 3.8) is 0 Å². The molecular formula is C21H22F3N3O3. The highest BCUT2D eigenvalue weighted by Gasteiger charge is 2.45. The number of carboxylic acid groups (broad SMARTS) is 1. The van der Waals surface area contributed by atoms with Crippen molar-refractivity contribution in [1.82, 2.24) is 15.3 Å². The maximum atomic E-state index is 13.3. The molecule has 1 aliphatic carbocycles. The second-order valence-electron chi connectivity index (χ2n) is 8.06. The summed E-state index contributed by atoms with van der Waals surface area (Å²) in [6, 6.07) is 5.43. The van der Waals surface area contributed by atoms with E-state index in [0.29, 0.717) is 31.5 Å². The first-order valence-corrected chi connectivity index (χ1v) is 9.81. The van der Waals surface area contributed by atoms with E-state index >= 15 is 0 Å². The summed E-state index contributed by atoms with van der Waals surface area (Å²) < 4.78 is 40.0. The van der Waals surface area contributed by atoms with Gasteiger partial charge >= 0.3 is 18.2 Å². The highest BCUT2D eigenvalue weighted by molar-refractivity contribution is 5.87. The number of halogens is 3. The number of rotatable bonds is 3. The molecule has 3 atom stereocenters. The van der Waals surface area contributed by atoms with E-state index in [4.69, 9.17) is 5.11 Å². The van der Waals surface area contributed by atoms with Crippen LogP contribution in [-0.4, -0.2) is 46.7 Å². The van der Waals surface area contributed by atoms with Gasteiger partial charge in [0.2, 0.25) is 0 Å². The van der Waals surface area contributed by atoms with Crippen molar-refractivity contribution in [3.8, 4) is 0 Å². The van der Waals surface area contributed by atoms with E-state index in [2.05, 4.69) is 5.43 Å². The first-order chi connectivity index (χ1) is 14.2. The van der Waals surface area contributed by atoms with Gasteiger partial charge in [0, 0.05) is 19.3 Å². The van der Waals surface area contributed by atoms with Crippen LogP contribution in [0.25, 0.3) is 0 Å². The largest absolute Gasteiger partial charge is 0.478 e. The van der Waals surface area contributed by atoms with E-state index in [0.717, 1.165) is 6.07 Å². The molecule has 1 aromatic carbocycles. The SMILES string of the molecule is O=C(O)C1=CC=CN(NC(=O)N2C[C@H]3CC(c4ccccc4C(F)(F)F)C[C@H]3C2)C1. The fourth-order valence-electron chi connectivity index (χ4n) is 4.79. The molecule has 9 heteroatoms. The Balaban J connectivity index is 1.35. The fourth-order valence-corrected chi connectivity index (χ4v) is 4.79. The number of carbonyl (C=O) groups excluding carboxylic acids is 1. The van der Waals surface area contributed by atoms with Crippen LogP contribution in [-0.2, 0) is 11.0 Å². The minimum Gasteiger partial charge on any atom is -0.478 e. The normalized spacial score (nSPS) is 25.8. The summed E-state index contributed by atoms with van der Waals surface area (Å²) in [5.41, 5.74) is 2.64. The number of likely N-dealkylation sites (tertiary alicyclic amines) is 1. The van der Waals surface area contributed by atoms with E-state index in [1.54, 1.807) is 29.3 Å². The highest BCUT2D eigenvalue weighted by Crippen LogP contribution is 2.48. The van der Waals surface area contributed by atoms with Gasteiger partial charge in [0.05, 0.1) is 17.7 Å². The highest BCUT2D eigenvalue weighted by atomic mass is 19.4. The van der Waals surface area contributed by atoms with Crippen molar-refractivity contribution < 1.29 is 27.9 Å². The first kappa shape index (κ1) is 20.3. The molecule has 1 saturated heterocycles. The third-order valence-electron chi connectivity index (χ3n) is 6.16. The number of nitrogens with zero attached hydrogens (tertiary/aromatic N) is 2. The molecule has 0 bridgehead atoms. The first-order valence-electron chi connectivity index (χ1n) is 9.81. The quantitative estimate of drug-likeness (QED) is 0.782. The molecule has 0 radical (unpaired) electrons. The number of hydrazine groups is 1. The molecule has 1 saturated carbocycles. The lowest BCUT2D eigenvalue weighted by molar-refractivity contribution is -0.138. The molecule has 2 N–H and O–H groups in total. The predicted octanol–water partition coefficient (Wildman–Crippen LogP) is 3.60. The number of urea groups is 1. The summed E-state index contributed by atoms with van der Waals surface area (Å²) in [5.74, 6) is -0.877. The third-order valence-corrected chi connectivity index (χ3v) is 6.16. The number of allylic oxidation sites excluding steroid dienone is 2. The Labute approximate surface area is 171 Å². The number of fused-ring (bicyclic) bond motifs is 1. The predicted molar refractivity (Wildman–Crippen MR) is 102 cm³/mol. The maximum Gasteiger partial charge on any atom is 0.416 e. The summed E-state index contributed by atoms with van der Waals surface area (Å²) in [6.45, 7) is 1.04. The number of carbonyl (C=O) groups is 2. The second kappa shape index (κ2) is 7.70. The standard InChI is InChI=1S/C21H22F3N3O3/c22-21(23,24)18-6-2-1-5-17(18)14-8-15-10-26(11-16(15)9-14)20(30)25-27-7-3-4-13(12-27)19(28)29/h1-7,14-16H,8-12H2,(H,25,30)(H,28,29)/t14?,15-,16+. The van der Waals surface area contributed by atoms with E-state index in [1.807, 2.05) is 0 Å². The van der Waals surface area contributed by atoms with E-state index < -0.39 is 17.7 Å². The van der Waals surface area contributed by atoms with Gasteiger partial charge in [-0.25, -0.2) is 15.0 Å². The lowest BCUT2D eigenvalue weighted by Gasteiger charge is -2.27. The zero-order valence-electron chi connectivity index (χ0n) is 16.1. The molecule has 4 rings (SSSR count). The van der Waals surface area contributed by atoms with E-state index in [9.17, 15) is 22.8 Å². The molecule has 2 heterocycles. The van der Waals surface area contributed by atoms with Crippen LogP contribution < -0.4 is 5.43 Å². The van der Waals surface area contributed by atoms with Crippen molar-refractivity contribution in [2.75, 3.05) is 19.6 Å². The Kier molecular flexibility index (Phi) is 5.21. The molecular weight excluding hydrogens is 399 g/mol. The number of nitrogens with one attached hydrogen (secondary N) is 1. The van der Waals surface area contributed by atoms with Crippen LogP contribution in [0.2, 0.25) is 0 Å². The molecule has 0 spiro atoms. The van der Waals surface area contributed by atoms with Gasteiger partial charge < -0.3 is 10.0 Å². The molecule has 1 unspecified atom stereocenters. The Bertz CT molecular complexity index is 898.